The minimum Gasteiger partial charge on any atom is -0.351 e. The number of rotatable bonds is 10. The van der Waals surface area contributed by atoms with Crippen LogP contribution in [0.5, 0.6) is 0 Å². The van der Waals surface area contributed by atoms with Gasteiger partial charge in [-0.2, -0.15) is 16.1 Å². The molecule has 0 aromatic heterocycles. The monoisotopic (exact) mass is 495 g/mol. The molecule has 1 heterocycles. The normalized spacial score (nSPS) is 15.6. The highest BCUT2D eigenvalue weighted by molar-refractivity contribution is 7.98. The summed E-state index contributed by atoms with van der Waals surface area (Å²) in [4.78, 5) is 14.8. The molecule has 174 valence electrons. The van der Waals surface area contributed by atoms with Crippen molar-refractivity contribution in [3.63, 3.8) is 0 Å². The molecule has 0 spiro atoms. The summed E-state index contributed by atoms with van der Waals surface area (Å²) in [5.74, 6) is 1.79. The van der Waals surface area contributed by atoms with E-state index in [1.165, 1.54) is 5.56 Å². The quantitative estimate of drug-likeness (QED) is 0.511. The molecule has 1 saturated heterocycles. The molecule has 1 aliphatic heterocycles. The first-order chi connectivity index (χ1) is 15.4. The van der Waals surface area contributed by atoms with Crippen LogP contribution in [-0.2, 0) is 22.3 Å². The maximum Gasteiger partial charge on any atom is 0.251 e. The van der Waals surface area contributed by atoms with E-state index < -0.39 is 10.0 Å². The van der Waals surface area contributed by atoms with Crippen LogP contribution in [0, 0.1) is 0 Å². The van der Waals surface area contributed by atoms with Crippen molar-refractivity contribution < 1.29 is 13.2 Å². The number of benzene rings is 2. The topological polar surface area (TPSA) is 69.7 Å². The molecular formula is C23H30ClN3O3S2. The summed E-state index contributed by atoms with van der Waals surface area (Å²) in [6.45, 7) is 5.42. The number of carbonyl (C=O) groups is 1. The maximum atomic E-state index is 12.5. The zero-order valence-corrected chi connectivity index (χ0v) is 20.7. The summed E-state index contributed by atoms with van der Waals surface area (Å²) < 4.78 is 25.6. The van der Waals surface area contributed by atoms with Crippen LogP contribution in [-0.4, -0.2) is 67.8 Å². The van der Waals surface area contributed by atoms with Crippen molar-refractivity contribution in [2.45, 2.75) is 19.2 Å². The van der Waals surface area contributed by atoms with Crippen LogP contribution in [0.3, 0.4) is 0 Å². The van der Waals surface area contributed by atoms with Crippen LogP contribution in [0.1, 0.15) is 28.4 Å². The molecule has 0 unspecified atom stereocenters. The van der Waals surface area contributed by atoms with E-state index >= 15 is 0 Å². The summed E-state index contributed by atoms with van der Waals surface area (Å²) in [6.07, 6.45) is 0. The highest BCUT2D eigenvalue weighted by Gasteiger charge is 2.25. The second kappa shape index (κ2) is 12.0. The first kappa shape index (κ1) is 25.1. The van der Waals surface area contributed by atoms with Crippen molar-refractivity contribution in [1.29, 1.82) is 0 Å². The van der Waals surface area contributed by atoms with E-state index in [4.69, 9.17) is 11.6 Å². The number of nitrogens with zero attached hydrogens (tertiary/aromatic N) is 2. The molecule has 1 fully saturated rings. The number of nitrogens with one attached hydrogen (secondary N) is 1. The molecule has 2 aromatic carbocycles. The summed E-state index contributed by atoms with van der Waals surface area (Å²) in [6, 6.07) is 15.5. The number of sulfonamides is 1. The number of halogens is 1. The smallest absolute Gasteiger partial charge is 0.251 e. The third-order valence-corrected chi connectivity index (χ3v) is 8.56. The van der Waals surface area contributed by atoms with Gasteiger partial charge in [0.05, 0.1) is 5.75 Å². The lowest BCUT2D eigenvalue weighted by molar-refractivity contribution is 0.0956. The van der Waals surface area contributed by atoms with E-state index in [9.17, 15) is 13.2 Å². The molecule has 0 aliphatic carbocycles. The van der Waals surface area contributed by atoms with Crippen LogP contribution in [0.4, 0.5) is 0 Å². The van der Waals surface area contributed by atoms with Crippen LogP contribution < -0.4 is 5.32 Å². The van der Waals surface area contributed by atoms with E-state index in [0.717, 1.165) is 22.1 Å². The Morgan fingerprint density at radius 1 is 1.06 bits per heavy atom. The summed E-state index contributed by atoms with van der Waals surface area (Å²) in [5, 5.41) is 3.72. The van der Waals surface area contributed by atoms with Crippen molar-refractivity contribution in [3.05, 3.63) is 70.2 Å². The molecule has 3 rings (SSSR count). The van der Waals surface area contributed by atoms with E-state index in [0.29, 0.717) is 44.8 Å². The minimum absolute atomic E-state index is 0.0715. The Balaban J connectivity index is 1.41. The van der Waals surface area contributed by atoms with Gasteiger partial charge in [0.15, 0.2) is 0 Å². The summed E-state index contributed by atoms with van der Waals surface area (Å²) >= 11 is 7.67. The second-order valence-corrected chi connectivity index (χ2v) is 11.5. The third-order valence-electron chi connectivity index (χ3n) is 5.40. The number of thioether (sulfide) groups is 1. The fourth-order valence-electron chi connectivity index (χ4n) is 3.53. The van der Waals surface area contributed by atoms with Gasteiger partial charge in [0, 0.05) is 61.4 Å². The van der Waals surface area contributed by atoms with E-state index in [2.05, 4.69) is 10.2 Å². The van der Waals surface area contributed by atoms with Crippen LogP contribution in [0.25, 0.3) is 0 Å². The summed E-state index contributed by atoms with van der Waals surface area (Å²) in [7, 11) is -3.12. The molecule has 0 saturated carbocycles. The third kappa shape index (κ3) is 7.49. The molecule has 0 bridgehead atoms. The molecule has 0 atom stereocenters. The highest BCUT2D eigenvalue weighted by atomic mass is 35.5. The predicted octanol–water partition coefficient (Wildman–Crippen LogP) is 3.47. The van der Waals surface area contributed by atoms with Gasteiger partial charge >= 0.3 is 0 Å². The Bertz CT molecular complexity index is 992. The molecule has 1 aliphatic rings. The number of piperazine rings is 1. The molecule has 9 heteroatoms. The lowest BCUT2D eigenvalue weighted by atomic mass is 10.1. The number of carbonyl (C=O) groups excluding carboxylic acids is 1. The minimum atomic E-state index is -3.12. The Labute approximate surface area is 200 Å². The van der Waals surface area contributed by atoms with Crippen molar-refractivity contribution in [1.82, 2.24) is 14.5 Å². The lowest BCUT2D eigenvalue weighted by Gasteiger charge is -2.33. The van der Waals surface area contributed by atoms with E-state index in [1.807, 2.05) is 48.5 Å². The second-order valence-electron chi connectivity index (χ2n) is 7.71. The van der Waals surface area contributed by atoms with Gasteiger partial charge in [0.1, 0.15) is 0 Å². The Kier molecular flexibility index (Phi) is 9.43. The first-order valence-electron chi connectivity index (χ1n) is 10.8. The average molecular weight is 496 g/mol. The number of hydrogen-bond acceptors (Lipinski definition) is 5. The van der Waals surface area contributed by atoms with Crippen molar-refractivity contribution >= 4 is 39.3 Å². The Morgan fingerprint density at radius 2 is 1.78 bits per heavy atom. The SMILES string of the molecule is CCS(=O)(=O)N1CCN(Cc2cccc(C(=O)NCCSCc3ccc(Cl)cc3)c2)CC1. The predicted molar refractivity (Wildman–Crippen MR) is 133 cm³/mol. The standard InChI is InChI=1S/C23H30ClN3O3S2/c1-2-32(29,30)27-13-11-26(12-14-27)17-20-4-3-5-21(16-20)23(28)25-10-15-31-18-19-6-8-22(24)9-7-19/h3-9,16H,2,10-15,17-18H2,1H3,(H,25,28). The van der Waals surface area contributed by atoms with Gasteiger partial charge in [-0.3, -0.25) is 9.69 Å². The van der Waals surface area contributed by atoms with Gasteiger partial charge in [-0.1, -0.05) is 35.9 Å². The molecule has 32 heavy (non-hydrogen) atoms. The van der Waals surface area contributed by atoms with Crippen LogP contribution >= 0.6 is 23.4 Å². The van der Waals surface area contributed by atoms with Crippen LogP contribution in [0.2, 0.25) is 5.02 Å². The van der Waals surface area contributed by atoms with Gasteiger partial charge in [-0.05, 0) is 42.3 Å². The lowest BCUT2D eigenvalue weighted by Crippen LogP contribution is -2.48. The Hall–Kier alpha value is -1.58. The van der Waals surface area contributed by atoms with Gasteiger partial charge in [-0.15, -0.1) is 0 Å². The molecule has 6 nitrogen and oxygen atoms in total. The molecule has 2 aromatic rings. The molecule has 1 N–H and O–H groups in total. The van der Waals surface area contributed by atoms with E-state index in [1.54, 1.807) is 23.0 Å². The highest BCUT2D eigenvalue weighted by Crippen LogP contribution is 2.16. The zero-order valence-electron chi connectivity index (χ0n) is 18.3. The van der Waals surface area contributed by atoms with Crippen molar-refractivity contribution in [2.24, 2.45) is 0 Å². The van der Waals surface area contributed by atoms with Crippen LogP contribution in [0.15, 0.2) is 48.5 Å². The maximum absolute atomic E-state index is 12.5. The van der Waals surface area contributed by atoms with Crippen molar-refractivity contribution in [2.75, 3.05) is 44.2 Å². The summed E-state index contributed by atoms with van der Waals surface area (Å²) in [5.41, 5.74) is 2.92. The first-order valence-corrected chi connectivity index (χ1v) is 13.9. The van der Waals surface area contributed by atoms with Gasteiger partial charge in [0.25, 0.3) is 5.91 Å². The fraction of sp³-hybridized carbons (Fsp3) is 0.435. The molecule has 0 radical (unpaired) electrons. The fourth-order valence-corrected chi connectivity index (χ4v) is 5.56. The van der Waals surface area contributed by atoms with Gasteiger partial charge < -0.3 is 5.32 Å². The number of amides is 1. The van der Waals surface area contributed by atoms with Gasteiger partial charge in [-0.25, -0.2) is 8.42 Å². The number of hydrogen-bond donors (Lipinski definition) is 1. The van der Waals surface area contributed by atoms with Crippen molar-refractivity contribution in [3.8, 4) is 0 Å². The zero-order chi connectivity index (χ0) is 23.0. The molecular weight excluding hydrogens is 466 g/mol. The largest absolute Gasteiger partial charge is 0.351 e. The van der Waals surface area contributed by atoms with E-state index in [-0.39, 0.29) is 11.7 Å². The van der Waals surface area contributed by atoms with Gasteiger partial charge in [0.2, 0.25) is 10.0 Å². The average Bonchev–Trinajstić information content (AvgIpc) is 2.80. The molecule has 1 amide bonds. The Morgan fingerprint density at radius 3 is 2.47 bits per heavy atom.